The van der Waals surface area contributed by atoms with Crippen molar-refractivity contribution >= 4 is 38.2 Å². The molecule has 0 aromatic heterocycles. The van der Waals surface area contributed by atoms with Gasteiger partial charge in [0, 0.05) is 22.6 Å². The van der Waals surface area contributed by atoms with Crippen LogP contribution < -0.4 is 5.32 Å². The lowest BCUT2D eigenvalue weighted by Crippen LogP contribution is -2.12. The van der Waals surface area contributed by atoms with Gasteiger partial charge < -0.3 is 10.4 Å². The predicted molar refractivity (Wildman–Crippen MR) is 101 cm³/mol. The van der Waals surface area contributed by atoms with E-state index in [1.54, 1.807) is 6.07 Å². The zero-order valence-electron chi connectivity index (χ0n) is 14.4. The van der Waals surface area contributed by atoms with E-state index in [0.29, 0.717) is 10.9 Å². The number of phenolic OH excluding ortho intramolecular Hbond substituents is 1. The Morgan fingerprint density at radius 1 is 1.11 bits per heavy atom. The van der Waals surface area contributed by atoms with Gasteiger partial charge in [-0.05, 0) is 42.6 Å². The lowest BCUT2D eigenvalue weighted by Gasteiger charge is -2.11. The minimum absolute atomic E-state index is 0.0148. The van der Waals surface area contributed by atoms with Gasteiger partial charge in [0.25, 0.3) is 21.7 Å². The third kappa shape index (κ3) is 3.63. The van der Waals surface area contributed by atoms with Gasteiger partial charge in [0.15, 0.2) is 0 Å². The fraction of sp³-hybridized carbons (Fsp3) is 0.0556. The number of phenols is 1. The number of nitrogens with one attached hydrogen (secondary N) is 1. The smallest absolute Gasteiger partial charge is 0.294 e. The van der Waals surface area contributed by atoms with Crippen molar-refractivity contribution in [3.8, 4) is 5.75 Å². The van der Waals surface area contributed by atoms with E-state index < -0.39 is 25.8 Å². The number of nitro benzene ring substituents is 1. The molecule has 0 fully saturated rings. The van der Waals surface area contributed by atoms with Crippen LogP contribution in [0.2, 0.25) is 0 Å². The van der Waals surface area contributed by atoms with Crippen LogP contribution in [0.15, 0.2) is 53.4 Å². The fourth-order valence-electron chi connectivity index (χ4n) is 2.74. The summed E-state index contributed by atoms with van der Waals surface area (Å²) in [7, 11) is -4.46. The summed E-state index contributed by atoms with van der Waals surface area (Å²) in [6.07, 6.45) is 0. The Balaban J connectivity index is 1.98. The van der Waals surface area contributed by atoms with Crippen molar-refractivity contribution in [2.75, 3.05) is 5.32 Å². The minimum Gasteiger partial charge on any atom is -0.505 e. The van der Waals surface area contributed by atoms with E-state index in [1.807, 2.05) is 0 Å². The molecule has 0 bridgehead atoms. The summed E-state index contributed by atoms with van der Waals surface area (Å²) >= 11 is 0. The van der Waals surface area contributed by atoms with Gasteiger partial charge in [-0.15, -0.1) is 0 Å². The summed E-state index contributed by atoms with van der Waals surface area (Å²) < 4.78 is 31.8. The fourth-order valence-corrected chi connectivity index (χ4v) is 3.25. The Kier molecular flexibility index (Phi) is 4.75. The standard InChI is InChI=1S/C18H14N2O7S/c1-10-8-12(4-7-16(10)20(23)24)18(22)19-15-6-3-11-2-5-13(28(25,26)27)9-14(11)17(15)21/h2-9,21H,1H3,(H,19,22)(H,25,26,27). The first-order valence-electron chi connectivity index (χ1n) is 7.87. The molecule has 0 atom stereocenters. The van der Waals surface area contributed by atoms with Gasteiger partial charge in [-0.3, -0.25) is 19.5 Å². The molecule has 1 amide bonds. The number of rotatable bonds is 4. The molecule has 3 aromatic rings. The van der Waals surface area contributed by atoms with Crippen LogP contribution in [0.5, 0.6) is 5.75 Å². The molecule has 0 saturated carbocycles. The number of anilines is 1. The first-order chi connectivity index (χ1) is 13.1. The lowest BCUT2D eigenvalue weighted by atomic mass is 10.1. The summed E-state index contributed by atoms with van der Waals surface area (Å²) in [4.78, 5) is 22.4. The molecular weight excluding hydrogens is 388 g/mol. The molecule has 10 heteroatoms. The van der Waals surface area contributed by atoms with Crippen molar-refractivity contribution in [2.24, 2.45) is 0 Å². The molecule has 0 spiro atoms. The van der Waals surface area contributed by atoms with Gasteiger partial charge in [0.05, 0.1) is 15.5 Å². The first-order valence-corrected chi connectivity index (χ1v) is 9.31. The Hall–Kier alpha value is -3.50. The van der Waals surface area contributed by atoms with Crippen molar-refractivity contribution in [3.05, 3.63) is 69.8 Å². The Morgan fingerprint density at radius 3 is 2.39 bits per heavy atom. The van der Waals surface area contributed by atoms with Gasteiger partial charge >= 0.3 is 0 Å². The number of fused-ring (bicyclic) bond motifs is 1. The van der Waals surface area contributed by atoms with Crippen LogP contribution in [-0.4, -0.2) is 28.9 Å². The van der Waals surface area contributed by atoms with Crippen molar-refractivity contribution in [3.63, 3.8) is 0 Å². The van der Waals surface area contributed by atoms with Gasteiger partial charge in [-0.25, -0.2) is 0 Å². The molecule has 28 heavy (non-hydrogen) atoms. The van der Waals surface area contributed by atoms with Crippen molar-refractivity contribution in [2.45, 2.75) is 11.8 Å². The maximum atomic E-state index is 12.4. The second-order valence-electron chi connectivity index (χ2n) is 6.03. The molecule has 0 heterocycles. The Labute approximate surface area is 159 Å². The molecule has 0 aliphatic heterocycles. The van der Waals surface area contributed by atoms with Crippen molar-refractivity contribution in [1.29, 1.82) is 0 Å². The molecule has 144 valence electrons. The molecule has 0 radical (unpaired) electrons. The first kappa shape index (κ1) is 19.3. The summed E-state index contributed by atoms with van der Waals surface area (Å²) in [5, 5.41) is 24.4. The second kappa shape index (κ2) is 6.91. The number of amides is 1. The summed E-state index contributed by atoms with van der Waals surface area (Å²) in [6, 6.07) is 10.5. The minimum atomic E-state index is -4.46. The van der Waals surface area contributed by atoms with Crippen LogP contribution >= 0.6 is 0 Å². The molecule has 3 rings (SSSR count). The topological polar surface area (TPSA) is 147 Å². The molecule has 0 saturated heterocycles. The summed E-state index contributed by atoms with van der Waals surface area (Å²) in [6.45, 7) is 1.50. The van der Waals surface area contributed by atoms with Crippen LogP contribution in [0, 0.1) is 17.0 Å². The Bertz CT molecular complexity index is 1240. The van der Waals surface area contributed by atoms with Crippen LogP contribution in [0.3, 0.4) is 0 Å². The third-order valence-electron chi connectivity index (χ3n) is 4.17. The molecule has 0 unspecified atom stereocenters. The Morgan fingerprint density at radius 2 is 1.79 bits per heavy atom. The molecule has 3 N–H and O–H groups in total. The van der Waals surface area contributed by atoms with Gasteiger partial charge in [0.2, 0.25) is 0 Å². The highest BCUT2D eigenvalue weighted by Crippen LogP contribution is 2.34. The van der Waals surface area contributed by atoms with E-state index >= 15 is 0 Å². The highest BCUT2D eigenvalue weighted by atomic mass is 32.2. The molecule has 9 nitrogen and oxygen atoms in total. The van der Waals surface area contributed by atoms with E-state index in [0.717, 1.165) is 6.07 Å². The number of hydrogen-bond donors (Lipinski definition) is 3. The number of nitro groups is 1. The van der Waals surface area contributed by atoms with Crippen molar-refractivity contribution < 1.29 is 27.8 Å². The third-order valence-corrected chi connectivity index (χ3v) is 5.02. The summed E-state index contributed by atoms with van der Waals surface area (Å²) in [5.41, 5.74) is 0.344. The number of aryl methyl sites for hydroxylation is 1. The van der Waals surface area contributed by atoms with Crippen LogP contribution in [0.4, 0.5) is 11.4 Å². The van der Waals surface area contributed by atoms with E-state index in [-0.39, 0.29) is 28.1 Å². The quantitative estimate of drug-likeness (QED) is 0.263. The number of hydrogen-bond acceptors (Lipinski definition) is 6. The average Bonchev–Trinajstić information content (AvgIpc) is 2.62. The predicted octanol–water partition coefficient (Wildman–Crippen LogP) is 3.26. The lowest BCUT2D eigenvalue weighted by molar-refractivity contribution is -0.385. The van der Waals surface area contributed by atoms with Crippen LogP contribution in [-0.2, 0) is 10.1 Å². The largest absolute Gasteiger partial charge is 0.505 e. The maximum absolute atomic E-state index is 12.4. The highest BCUT2D eigenvalue weighted by molar-refractivity contribution is 7.85. The van der Waals surface area contributed by atoms with E-state index in [9.17, 15) is 28.4 Å². The highest BCUT2D eigenvalue weighted by Gasteiger charge is 2.17. The number of benzene rings is 3. The van der Waals surface area contributed by atoms with Crippen LogP contribution in [0.1, 0.15) is 15.9 Å². The number of carbonyl (C=O) groups excluding carboxylic acids is 1. The summed E-state index contributed by atoms with van der Waals surface area (Å²) in [5.74, 6) is -0.992. The van der Waals surface area contributed by atoms with E-state index in [4.69, 9.17) is 4.55 Å². The van der Waals surface area contributed by atoms with E-state index in [2.05, 4.69) is 5.32 Å². The number of nitrogens with zero attached hydrogens (tertiary/aromatic N) is 1. The SMILES string of the molecule is Cc1cc(C(=O)Nc2ccc3ccc(S(=O)(=O)O)cc3c2O)ccc1[N+](=O)[O-]. The maximum Gasteiger partial charge on any atom is 0.294 e. The van der Waals surface area contributed by atoms with Crippen LogP contribution in [0.25, 0.3) is 10.8 Å². The monoisotopic (exact) mass is 402 g/mol. The van der Waals surface area contributed by atoms with Gasteiger partial charge in [0.1, 0.15) is 5.75 Å². The molecular formula is C18H14N2O7S. The van der Waals surface area contributed by atoms with E-state index in [1.165, 1.54) is 43.3 Å². The van der Waals surface area contributed by atoms with Crippen molar-refractivity contribution in [1.82, 2.24) is 0 Å². The zero-order valence-corrected chi connectivity index (χ0v) is 15.2. The second-order valence-corrected chi connectivity index (χ2v) is 7.45. The number of aromatic hydroxyl groups is 1. The van der Waals surface area contributed by atoms with Gasteiger partial charge in [-0.2, -0.15) is 8.42 Å². The zero-order chi connectivity index (χ0) is 20.6. The molecule has 0 aliphatic carbocycles. The normalized spacial score (nSPS) is 11.4. The number of carbonyl (C=O) groups is 1. The molecule has 0 aliphatic rings. The molecule has 3 aromatic carbocycles. The average molecular weight is 402 g/mol. The van der Waals surface area contributed by atoms with Gasteiger partial charge in [-0.1, -0.05) is 12.1 Å².